The van der Waals surface area contributed by atoms with Crippen molar-refractivity contribution in [2.24, 2.45) is 34.5 Å². The fourth-order valence-corrected chi connectivity index (χ4v) is 10.7. The van der Waals surface area contributed by atoms with Crippen molar-refractivity contribution in [2.45, 2.75) is 101 Å². The highest BCUT2D eigenvalue weighted by Gasteiger charge is 2.70. The lowest BCUT2D eigenvalue weighted by molar-refractivity contribution is -0.202. The first-order chi connectivity index (χ1) is 20.1. The number of ether oxygens (including phenoxy) is 1. The minimum Gasteiger partial charge on any atom is -0.450 e. The number of thioether (sulfide) groups is 1. The largest absolute Gasteiger partial charge is 0.450 e. The highest BCUT2D eigenvalue weighted by Crippen LogP contribution is 2.68. The van der Waals surface area contributed by atoms with Crippen molar-refractivity contribution >= 4 is 40.4 Å². The Bertz CT molecular complexity index is 1430. The smallest absolute Gasteiger partial charge is 0.309 e. The zero-order valence-corrected chi connectivity index (χ0v) is 25.4. The number of allylic oxidation sites excluding steroid dienone is 1. The number of aliphatic hydroxyl groups excluding tert-OH is 1. The van der Waals surface area contributed by atoms with Crippen molar-refractivity contribution in [3.63, 3.8) is 0 Å². The third-order valence-electron chi connectivity index (χ3n) is 12.0. The van der Waals surface area contributed by atoms with Crippen molar-refractivity contribution in [1.82, 2.24) is 4.98 Å². The van der Waals surface area contributed by atoms with Crippen molar-refractivity contribution in [2.75, 3.05) is 5.75 Å². The van der Waals surface area contributed by atoms with Crippen LogP contribution in [0.5, 0.6) is 0 Å². The van der Waals surface area contributed by atoms with E-state index in [1.54, 1.807) is 0 Å². The number of nitrogens with zero attached hydrogens (tertiary/aromatic N) is 1. The fraction of sp³-hybridized carbons (Fsp3) is 0.647. The average Bonchev–Trinajstić information content (AvgIpc) is 3.70. The van der Waals surface area contributed by atoms with Gasteiger partial charge in [-0.25, -0.2) is 4.98 Å². The molecule has 5 aliphatic carbocycles. The SMILES string of the molecule is CC12CCC(=O)C=C1CCC1C2[C@@H](O)CC2(C)C1CC[C@]2(OC(=O)C1CCCC1)C(=O)CSc1nc2ccccc2o1. The Kier molecular flexibility index (Phi) is 6.97. The maximum atomic E-state index is 14.5. The minimum absolute atomic E-state index is 0.0363. The van der Waals surface area contributed by atoms with E-state index in [4.69, 9.17) is 9.15 Å². The number of ketones is 2. The predicted octanol–water partition coefficient (Wildman–Crippen LogP) is 6.46. The molecule has 1 heterocycles. The van der Waals surface area contributed by atoms with E-state index in [2.05, 4.69) is 18.8 Å². The fourth-order valence-electron chi connectivity index (χ4n) is 9.93. The summed E-state index contributed by atoms with van der Waals surface area (Å²) in [5, 5.41) is 12.4. The van der Waals surface area contributed by atoms with E-state index in [1.807, 2.05) is 30.3 Å². The summed E-state index contributed by atoms with van der Waals surface area (Å²) in [6, 6.07) is 7.53. The summed E-state index contributed by atoms with van der Waals surface area (Å²) in [6.45, 7) is 4.34. The Balaban J connectivity index is 1.21. The summed E-state index contributed by atoms with van der Waals surface area (Å²) in [4.78, 5) is 44.9. The maximum Gasteiger partial charge on any atom is 0.309 e. The second-order valence-electron chi connectivity index (χ2n) is 14.0. The molecule has 0 radical (unpaired) electrons. The van der Waals surface area contributed by atoms with Gasteiger partial charge in [-0.3, -0.25) is 14.4 Å². The molecule has 2 aromatic rings. The molecule has 7 atom stereocenters. The van der Waals surface area contributed by atoms with Crippen molar-refractivity contribution in [3.8, 4) is 0 Å². The molecule has 5 aliphatic rings. The number of para-hydroxylation sites is 2. The van der Waals surface area contributed by atoms with Gasteiger partial charge >= 0.3 is 5.97 Å². The van der Waals surface area contributed by atoms with E-state index in [0.29, 0.717) is 30.1 Å². The number of hydrogen-bond donors (Lipinski definition) is 1. The first-order valence-electron chi connectivity index (χ1n) is 15.8. The van der Waals surface area contributed by atoms with Crippen molar-refractivity contribution in [1.29, 1.82) is 0 Å². The van der Waals surface area contributed by atoms with Crippen molar-refractivity contribution in [3.05, 3.63) is 35.9 Å². The summed E-state index contributed by atoms with van der Waals surface area (Å²) < 4.78 is 12.4. The van der Waals surface area contributed by atoms with Gasteiger partial charge in [-0.1, -0.05) is 56.2 Å². The monoisotopic (exact) mass is 591 g/mol. The Morgan fingerprint density at radius 1 is 1.10 bits per heavy atom. The highest BCUT2D eigenvalue weighted by molar-refractivity contribution is 7.99. The summed E-state index contributed by atoms with van der Waals surface area (Å²) in [7, 11) is 0. The highest BCUT2D eigenvalue weighted by atomic mass is 32.2. The van der Waals surface area contributed by atoms with Crippen LogP contribution in [0.3, 0.4) is 0 Å². The van der Waals surface area contributed by atoms with Gasteiger partial charge in [0.05, 0.1) is 17.8 Å². The summed E-state index contributed by atoms with van der Waals surface area (Å²) in [5.74, 6) is 0.148. The number of rotatable bonds is 6. The first-order valence-corrected chi connectivity index (χ1v) is 16.8. The molecule has 4 saturated carbocycles. The van der Waals surface area contributed by atoms with Gasteiger partial charge in [0, 0.05) is 11.8 Å². The lowest BCUT2D eigenvalue weighted by atomic mass is 9.45. The standard InChI is InChI=1S/C34H41NO6S/c1-32-15-13-22(36)17-21(32)11-12-23-24-14-16-34(33(24,2)18-26(37)29(23)32,41-30(39)20-7-3-4-8-20)28(38)19-42-31-35-25-9-5-6-10-27(25)40-31/h5-6,9-10,17,20,23-24,26,29,37H,3-4,7-8,11-16,18-19H2,1-2H3/t23?,24?,26-,29?,32?,33?,34-/m0/s1. The van der Waals surface area contributed by atoms with Crippen molar-refractivity contribution < 1.29 is 28.6 Å². The van der Waals surface area contributed by atoms with Crippen LogP contribution in [0.1, 0.15) is 84.5 Å². The van der Waals surface area contributed by atoms with E-state index in [1.165, 1.54) is 17.3 Å². The number of aromatic nitrogens is 1. The van der Waals surface area contributed by atoms with Gasteiger partial charge < -0.3 is 14.3 Å². The number of benzene rings is 1. The normalized spacial score (nSPS) is 38.1. The predicted molar refractivity (Wildman–Crippen MR) is 159 cm³/mol. The molecule has 7 nitrogen and oxygen atoms in total. The molecule has 7 rings (SSSR count). The van der Waals surface area contributed by atoms with Crippen LogP contribution in [0.15, 0.2) is 45.6 Å². The molecule has 1 aromatic carbocycles. The average molecular weight is 592 g/mol. The Morgan fingerprint density at radius 2 is 1.88 bits per heavy atom. The lowest BCUT2D eigenvalue weighted by Crippen LogP contribution is -2.63. The van der Waals surface area contributed by atoms with E-state index in [9.17, 15) is 19.5 Å². The Morgan fingerprint density at radius 3 is 2.67 bits per heavy atom. The zero-order chi connectivity index (χ0) is 29.3. The van der Waals surface area contributed by atoms with Gasteiger partial charge in [0.1, 0.15) is 5.52 Å². The summed E-state index contributed by atoms with van der Waals surface area (Å²) in [6.07, 6.45) is 9.52. The molecular weight excluding hydrogens is 550 g/mol. The molecule has 224 valence electrons. The molecule has 0 amide bonds. The van der Waals surface area contributed by atoms with Gasteiger partial charge in [-0.15, -0.1) is 0 Å². The molecule has 0 aliphatic heterocycles. The number of oxazole rings is 1. The topological polar surface area (TPSA) is 107 Å². The molecule has 4 fully saturated rings. The number of hydrogen-bond acceptors (Lipinski definition) is 8. The maximum absolute atomic E-state index is 14.5. The van der Waals surface area contributed by atoms with Crippen LogP contribution in [0.4, 0.5) is 0 Å². The third kappa shape index (κ3) is 4.26. The molecular formula is C34H41NO6S. The minimum atomic E-state index is -1.29. The number of carbonyl (C=O) groups excluding carboxylic acids is 3. The van der Waals surface area contributed by atoms with Crippen LogP contribution in [-0.4, -0.2) is 45.1 Å². The van der Waals surface area contributed by atoms with Gasteiger partial charge in [0.15, 0.2) is 22.8 Å². The van der Waals surface area contributed by atoms with Crippen LogP contribution < -0.4 is 0 Å². The second kappa shape index (κ2) is 10.3. The molecule has 8 heteroatoms. The molecule has 5 unspecified atom stereocenters. The number of Topliss-reactive ketones (excluding diaryl/α,β-unsaturated/α-hetero) is 1. The summed E-state index contributed by atoms with van der Waals surface area (Å²) >= 11 is 1.25. The summed E-state index contributed by atoms with van der Waals surface area (Å²) in [5.41, 5.74) is 0.423. The van der Waals surface area contributed by atoms with E-state index in [-0.39, 0.29) is 52.4 Å². The number of fused-ring (bicyclic) bond motifs is 6. The van der Waals surface area contributed by atoms with Gasteiger partial charge in [-0.2, -0.15) is 0 Å². The van der Waals surface area contributed by atoms with E-state index >= 15 is 0 Å². The molecule has 0 saturated heterocycles. The van der Waals surface area contributed by atoms with Crippen LogP contribution in [0.2, 0.25) is 0 Å². The van der Waals surface area contributed by atoms with E-state index in [0.717, 1.165) is 56.9 Å². The van der Waals surface area contributed by atoms with Gasteiger partial charge in [0.2, 0.25) is 0 Å². The lowest BCUT2D eigenvalue weighted by Gasteiger charge is -2.60. The van der Waals surface area contributed by atoms with Crippen LogP contribution >= 0.6 is 11.8 Å². The molecule has 42 heavy (non-hydrogen) atoms. The molecule has 1 N–H and O–H groups in total. The number of esters is 1. The van der Waals surface area contributed by atoms with Crippen LogP contribution in [0, 0.1) is 34.5 Å². The number of aliphatic hydroxyl groups is 1. The van der Waals surface area contributed by atoms with Crippen LogP contribution in [-0.2, 0) is 19.1 Å². The third-order valence-corrected chi connectivity index (χ3v) is 12.9. The first kappa shape index (κ1) is 28.3. The Hall–Kier alpha value is -2.45. The van der Waals surface area contributed by atoms with Gasteiger partial charge in [-0.05, 0) is 92.7 Å². The zero-order valence-electron chi connectivity index (χ0n) is 24.6. The molecule has 1 aromatic heterocycles. The molecule has 0 spiro atoms. The quantitative estimate of drug-likeness (QED) is 0.301. The van der Waals surface area contributed by atoms with Crippen LogP contribution in [0.25, 0.3) is 11.1 Å². The number of carbonyl (C=O) groups is 3. The Labute approximate surface area is 251 Å². The van der Waals surface area contributed by atoms with E-state index < -0.39 is 17.1 Å². The molecule has 0 bridgehead atoms. The second-order valence-corrected chi connectivity index (χ2v) is 14.9. The van der Waals surface area contributed by atoms with Gasteiger partial charge in [0.25, 0.3) is 5.22 Å².